The summed E-state index contributed by atoms with van der Waals surface area (Å²) < 4.78 is 28.6. The van der Waals surface area contributed by atoms with E-state index in [9.17, 15) is 23.8 Å². The van der Waals surface area contributed by atoms with Gasteiger partial charge in [0.25, 0.3) is 0 Å². The fraction of sp³-hybridized carbons (Fsp3) is 0.615. The van der Waals surface area contributed by atoms with Gasteiger partial charge >= 0.3 is 7.60 Å². The van der Waals surface area contributed by atoms with E-state index in [0.717, 1.165) is 32.3 Å². The van der Waals surface area contributed by atoms with Gasteiger partial charge in [-0.25, -0.2) is 4.98 Å². The summed E-state index contributed by atoms with van der Waals surface area (Å²) in [4.78, 5) is 31.9. The van der Waals surface area contributed by atoms with Gasteiger partial charge in [-0.05, 0) is 12.5 Å². The Morgan fingerprint density at radius 3 is 2.52 bits per heavy atom. The molecule has 0 aliphatic heterocycles. The largest absolute Gasteiger partial charge is 0.493 e. The Morgan fingerprint density at radius 1 is 1.26 bits per heavy atom. The van der Waals surface area contributed by atoms with E-state index >= 15 is 0 Å². The highest BCUT2D eigenvalue weighted by molar-refractivity contribution is 7.73. The molecule has 0 spiro atoms. The van der Waals surface area contributed by atoms with E-state index in [4.69, 9.17) is 4.74 Å². The Labute approximate surface area is 135 Å². The number of anilines is 1. The molecule has 1 rings (SSSR count). The minimum atomic E-state index is -4.82. The SMILES string of the molecule is CCCCCCOc1ccnc(NC(P(C)(=O)O)P(=O)(O)O)c1. The molecule has 0 saturated heterocycles. The Morgan fingerprint density at radius 2 is 1.96 bits per heavy atom. The molecule has 0 bridgehead atoms. The Bertz CT molecular complexity index is 564. The van der Waals surface area contributed by atoms with Crippen molar-refractivity contribution >= 4 is 20.8 Å². The number of pyridine rings is 1. The molecule has 0 aliphatic rings. The molecule has 0 saturated carbocycles. The predicted molar refractivity (Wildman–Crippen MR) is 89.1 cm³/mol. The normalized spacial score (nSPS) is 15.7. The van der Waals surface area contributed by atoms with Crippen molar-refractivity contribution < 1.29 is 28.5 Å². The van der Waals surface area contributed by atoms with Crippen LogP contribution in [-0.4, -0.2) is 38.5 Å². The average molecular weight is 366 g/mol. The third-order valence-corrected chi connectivity index (χ3v) is 7.04. The van der Waals surface area contributed by atoms with Crippen molar-refractivity contribution in [2.24, 2.45) is 0 Å². The van der Waals surface area contributed by atoms with Crippen molar-refractivity contribution in [3.63, 3.8) is 0 Å². The fourth-order valence-corrected chi connectivity index (χ4v) is 4.82. The number of nitrogens with zero attached hydrogens (tertiary/aromatic N) is 1. The van der Waals surface area contributed by atoms with Crippen LogP contribution in [0.1, 0.15) is 32.6 Å². The first kappa shape index (κ1) is 20.1. The minimum Gasteiger partial charge on any atom is -0.493 e. The van der Waals surface area contributed by atoms with Crippen LogP contribution in [0.4, 0.5) is 5.82 Å². The van der Waals surface area contributed by atoms with Gasteiger partial charge in [-0.1, -0.05) is 26.2 Å². The van der Waals surface area contributed by atoms with E-state index in [1.165, 1.54) is 12.3 Å². The molecule has 1 aromatic heterocycles. The lowest BCUT2D eigenvalue weighted by molar-refractivity contribution is 0.305. The summed E-state index contributed by atoms with van der Waals surface area (Å²) in [5.74, 6) is 0.549. The van der Waals surface area contributed by atoms with E-state index in [2.05, 4.69) is 17.2 Å². The lowest BCUT2D eigenvalue weighted by atomic mass is 10.2. The van der Waals surface area contributed by atoms with Crippen LogP contribution in [0.5, 0.6) is 5.75 Å². The van der Waals surface area contributed by atoms with Crippen molar-refractivity contribution in [3.05, 3.63) is 18.3 Å². The number of unbranched alkanes of at least 4 members (excludes halogenated alkanes) is 3. The number of nitrogens with one attached hydrogen (secondary N) is 1. The van der Waals surface area contributed by atoms with Crippen molar-refractivity contribution in [1.82, 2.24) is 4.98 Å². The van der Waals surface area contributed by atoms with E-state index in [1.807, 2.05) is 0 Å². The molecule has 1 heterocycles. The van der Waals surface area contributed by atoms with Crippen molar-refractivity contribution in [1.29, 1.82) is 0 Å². The fourth-order valence-electron chi connectivity index (χ4n) is 1.91. The van der Waals surface area contributed by atoms with Gasteiger partial charge in [0, 0.05) is 18.9 Å². The van der Waals surface area contributed by atoms with Gasteiger partial charge in [-0.15, -0.1) is 0 Å². The summed E-state index contributed by atoms with van der Waals surface area (Å²) in [7, 11) is -8.88. The highest BCUT2D eigenvalue weighted by Crippen LogP contribution is 2.59. The second-order valence-electron chi connectivity index (χ2n) is 5.34. The zero-order chi connectivity index (χ0) is 17.5. The molecule has 10 heteroatoms. The quantitative estimate of drug-likeness (QED) is 0.367. The highest BCUT2D eigenvalue weighted by Gasteiger charge is 2.41. The van der Waals surface area contributed by atoms with Crippen LogP contribution >= 0.6 is 15.0 Å². The average Bonchev–Trinajstić information content (AvgIpc) is 2.43. The van der Waals surface area contributed by atoms with Crippen molar-refractivity contribution in [2.45, 2.75) is 38.1 Å². The molecule has 132 valence electrons. The van der Waals surface area contributed by atoms with Gasteiger partial charge in [-0.3, -0.25) is 9.13 Å². The summed E-state index contributed by atoms with van der Waals surface area (Å²) >= 11 is 0. The van der Waals surface area contributed by atoms with Crippen LogP contribution in [0, 0.1) is 0 Å². The Kier molecular flexibility index (Phi) is 7.71. The first-order valence-corrected chi connectivity index (χ1v) is 11.2. The zero-order valence-corrected chi connectivity index (χ0v) is 15.0. The maximum atomic E-state index is 11.7. The molecule has 1 aromatic rings. The molecule has 23 heavy (non-hydrogen) atoms. The number of ether oxygens (including phenoxy) is 1. The van der Waals surface area contributed by atoms with Gasteiger partial charge in [0.2, 0.25) is 12.9 Å². The number of hydrogen-bond donors (Lipinski definition) is 4. The minimum absolute atomic E-state index is 0.0699. The zero-order valence-electron chi connectivity index (χ0n) is 13.3. The van der Waals surface area contributed by atoms with E-state index in [-0.39, 0.29) is 5.82 Å². The maximum absolute atomic E-state index is 11.7. The summed E-state index contributed by atoms with van der Waals surface area (Å²) in [5, 5.41) is 2.34. The molecule has 4 N–H and O–H groups in total. The van der Waals surface area contributed by atoms with Crippen LogP contribution in [-0.2, 0) is 9.13 Å². The van der Waals surface area contributed by atoms with Crippen LogP contribution in [0.25, 0.3) is 0 Å². The van der Waals surface area contributed by atoms with Gasteiger partial charge in [-0.2, -0.15) is 0 Å². The lowest BCUT2D eigenvalue weighted by Crippen LogP contribution is -2.20. The monoisotopic (exact) mass is 366 g/mol. The van der Waals surface area contributed by atoms with Gasteiger partial charge in [0.1, 0.15) is 11.6 Å². The van der Waals surface area contributed by atoms with Crippen molar-refractivity contribution in [3.8, 4) is 5.75 Å². The molecule has 0 fully saturated rings. The summed E-state index contributed by atoms with van der Waals surface area (Å²) in [6.07, 6.45) is 5.64. The smallest absolute Gasteiger partial charge is 0.357 e. The maximum Gasteiger partial charge on any atom is 0.357 e. The third kappa shape index (κ3) is 7.46. The lowest BCUT2D eigenvalue weighted by Gasteiger charge is -2.22. The molecule has 8 nitrogen and oxygen atoms in total. The summed E-state index contributed by atoms with van der Waals surface area (Å²) in [6, 6.07) is 3.06. The molecular formula is C13H24N2O6P2. The van der Waals surface area contributed by atoms with Gasteiger partial charge < -0.3 is 24.7 Å². The second kappa shape index (κ2) is 8.81. The third-order valence-electron chi connectivity index (χ3n) is 3.05. The van der Waals surface area contributed by atoms with Crippen LogP contribution < -0.4 is 10.1 Å². The van der Waals surface area contributed by atoms with Crippen molar-refractivity contribution in [2.75, 3.05) is 18.6 Å². The Hall–Kier alpha value is -0.910. The topological polar surface area (TPSA) is 129 Å². The van der Waals surface area contributed by atoms with Crippen LogP contribution in [0.3, 0.4) is 0 Å². The number of aromatic nitrogens is 1. The van der Waals surface area contributed by atoms with Gasteiger partial charge in [0.15, 0.2) is 0 Å². The first-order chi connectivity index (χ1) is 10.6. The van der Waals surface area contributed by atoms with E-state index < -0.39 is 20.5 Å². The standard InChI is InChI=1S/C13H24N2O6P2/c1-3-4-5-6-9-21-11-7-8-14-12(10-11)15-13(22(2,16)17)23(18,19)20/h7-8,10,13H,3-6,9H2,1-2H3,(H,14,15)(H,16,17)(H2,18,19,20). The predicted octanol–water partition coefficient (Wildman–Crippen LogP) is 2.81. The summed E-state index contributed by atoms with van der Waals surface area (Å²) in [5.41, 5.74) is -1.90. The number of rotatable bonds is 10. The molecule has 2 unspecified atom stereocenters. The molecular weight excluding hydrogens is 342 g/mol. The Balaban J connectivity index is 2.72. The molecule has 0 aliphatic carbocycles. The van der Waals surface area contributed by atoms with Crippen LogP contribution in [0.2, 0.25) is 0 Å². The van der Waals surface area contributed by atoms with Gasteiger partial charge in [0.05, 0.1) is 6.61 Å². The molecule has 0 amide bonds. The van der Waals surface area contributed by atoms with E-state index in [0.29, 0.717) is 12.4 Å². The molecule has 0 radical (unpaired) electrons. The highest BCUT2D eigenvalue weighted by atomic mass is 31.2. The van der Waals surface area contributed by atoms with Crippen LogP contribution in [0.15, 0.2) is 18.3 Å². The molecule has 0 aromatic carbocycles. The second-order valence-corrected chi connectivity index (χ2v) is 9.84. The first-order valence-electron chi connectivity index (χ1n) is 7.35. The van der Waals surface area contributed by atoms with E-state index in [1.54, 1.807) is 6.07 Å². The number of hydrogen-bond acceptors (Lipinski definition) is 5. The molecule has 2 atom stereocenters. The summed E-state index contributed by atoms with van der Waals surface area (Å²) in [6.45, 7) is 3.53.